The minimum absolute atomic E-state index is 0.00903. The number of fused-ring (bicyclic) bond motifs is 2. The standard InChI is InChI=1S/C27H30N4O3/c1-30-24-9-8-19(14-20(24)16-25(30)32)26(33)29-21-10-12-31(13-11-21)27(34)23(28)15-18-7-6-17-4-2-3-5-22(17)18/h2-5,7-9,14,21,23H,6,10-13,15-16,28H2,1H3,(H,29,33)/t23-/m0/s1. The number of hydrogen-bond acceptors (Lipinski definition) is 4. The lowest BCUT2D eigenvalue weighted by molar-refractivity contribution is -0.133. The maximum Gasteiger partial charge on any atom is 0.251 e. The molecule has 2 aromatic carbocycles. The Kier molecular flexibility index (Phi) is 5.96. The Morgan fingerprint density at radius 1 is 1.12 bits per heavy atom. The van der Waals surface area contributed by atoms with Crippen LogP contribution in [0.25, 0.3) is 5.57 Å². The predicted molar refractivity (Wildman–Crippen MR) is 131 cm³/mol. The van der Waals surface area contributed by atoms with E-state index >= 15 is 0 Å². The van der Waals surface area contributed by atoms with E-state index in [1.807, 2.05) is 23.1 Å². The van der Waals surface area contributed by atoms with Gasteiger partial charge in [-0.25, -0.2) is 0 Å². The number of amides is 3. The SMILES string of the molecule is CN1C(=O)Cc2cc(C(=O)NC3CCN(C(=O)[C@@H](N)CC4=CCc5ccccc54)CC3)ccc21. The molecule has 0 bridgehead atoms. The van der Waals surface area contributed by atoms with E-state index in [1.165, 1.54) is 11.1 Å². The smallest absolute Gasteiger partial charge is 0.251 e. The molecule has 0 unspecified atom stereocenters. The third-order valence-electron chi connectivity index (χ3n) is 7.25. The van der Waals surface area contributed by atoms with Crippen molar-refractivity contribution in [1.82, 2.24) is 10.2 Å². The highest BCUT2D eigenvalue weighted by Gasteiger charge is 2.29. The lowest BCUT2D eigenvalue weighted by Crippen LogP contribution is -2.51. The van der Waals surface area contributed by atoms with Crippen LogP contribution in [-0.2, 0) is 22.4 Å². The first-order chi connectivity index (χ1) is 16.4. The van der Waals surface area contributed by atoms with Crippen molar-refractivity contribution >= 4 is 29.0 Å². The molecular weight excluding hydrogens is 428 g/mol. The van der Waals surface area contributed by atoms with E-state index in [0.29, 0.717) is 44.3 Å². The zero-order chi connectivity index (χ0) is 23.8. The van der Waals surface area contributed by atoms with Crippen molar-refractivity contribution in [3.63, 3.8) is 0 Å². The van der Waals surface area contributed by atoms with E-state index in [0.717, 1.165) is 23.2 Å². The van der Waals surface area contributed by atoms with Crippen LogP contribution in [0.1, 0.15) is 46.3 Å². The van der Waals surface area contributed by atoms with E-state index < -0.39 is 6.04 Å². The number of allylic oxidation sites excluding steroid dienone is 1. The highest BCUT2D eigenvalue weighted by atomic mass is 16.2. The number of carbonyl (C=O) groups is 3. The first kappa shape index (κ1) is 22.3. The molecule has 2 heterocycles. The van der Waals surface area contributed by atoms with Gasteiger partial charge in [0.15, 0.2) is 0 Å². The van der Waals surface area contributed by atoms with Gasteiger partial charge in [-0.3, -0.25) is 14.4 Å². The molecule has 5 rings (SSSR count). The summed E-state index contributed by atoms with van der Waals surface area (Å²) < 4.78 is 0. The van der Waals surface area contributed by atoms with Crippen LogP contribution < -0.4 is 16.0 Å². The Labute approximate surface area is 199 Å². The molecule has 2 aromatic rings. The topological polar surface area (TPSA) is 95.7 Å². The summed E-state index contributed by atoms with van der Waals surface area (Å²) in [7, 11) is 1.75. The minimum atomic E-state index is -0.559. The van der Waals surface area contributed by atoms with Gasteiger partial charge < -0.3 is 20.9 Å². The third kappa shape index (κ3) is 4.23. The van der Waals surface area contributed by atoms with Gasteiger partial charge in [0.1, 0.15) is 0 Å². The fourth-order valence-electron chi connectivity index (χ4n) is 5.23. The molecule has 176 valence electrons. The lowest BCUT2D eigenvalue weighted by atomic mass is 9.98. The number of rotatable bonds is 5. The van der Waals surface area contributed by atoms with E-state index in [9.17, 15) is 14.4 Å². The number of likely N-dealkylation sites (tertiary alicyclic amines) is 1. The summed E-state index contributed by atoms with van der Waals surface area (Å²) in [6.07, 6.45) is 5.34. The number of anilines is 1. The summed E-state index contributed by atoms with van der Waals surface area (Å²) in [5.74, 6) is -0.128. The van der Waals surface area contributed by atoms with E-state index in [4.69, 9.17) is 5.73 Å². The molecule has 3 N–H and O–H groups in total. The van der Waals surface area contributed by atoms with Crippen molar-refractivity contribution in [3.8, 4) is 0 Å². The number of benzene rings is 2. The highest BCUT2D eigenvalue weighted by Crippen LogP contribution is 2.31. The van der Waals surface area contributed by atoms with Crippen LogP contribution in [0.2, 0.25) is 0 Å². The first-order valence-electron chi connectivity index (χ1n) is 11.9. The predicted octanol–water partition coefficient (Wildman–Crippen LogP) is 2.28. The normalized spacial score (nSPS) is 18.4. The molecule has 1 atom stereocenters. The van der Waals surface area contributed by atoms with Crippen molar-refractivity contribution in [1.29, 1.82) is 0 Å². The third-order valence-corrected chi connectivity index (χ3v) is 7.25. The van der Waals surface area contributed by atoms with Gasteiger partial charge in [0.25, 0.3) is 5.91 Å². The molecule has 0 spiro atoms. The molecule has 0 radical (unpaired) electrons. The molecule has 34 heavy (non-hydrogen) atoms. The number of carbonyl (C=O) groups excluding carboxylic acids is 3. The van der Waals surface area contributed by atoms with Crippen LogP contribution in [0, 0.1) is 0 Å². The molecule has 1 aliphatic carbocycles. The summed E-state index contributed by atoms with van der Waals surface area (Å²) in [5.41, 5.74) is 12.3. The highest BCUT2D eigenvalue weighted by molar-refractivity contribution is 6.03. The monoisotopic (exact) mass is 458 g/mol. The maximum absolute atomic E-state index is 13.0. The number of nitrogens with two attached hydrogens (primary N) is 1. The van der Waals surface area contributed by atoms with Crippen LogP contribution in [-0.4, -0.2) is 54.8 Å². The molecule has 1 fully saturated rings. The molecule has 3 aliphatic rings. The van der Waals surface area contributed by atoms with Crippen molar-refractivity contribution in [2.24, 2.45) is 5.73 Å². The summed E-state index contributed by atoms with van der Waals surface area (Å²) in [6.45, 7) is 1.16. The van der Waals surface area contributed by atoms with Crippen molar-refractivity contribution in [3.05, 3.63) is 70.8 Å². The molecule has 2 aliphatic heterocycles. The van der Waals surface area contributed by atoms with Gasteiger partial charge in [0.2, 0.25) is 11.8 Å². The van der Waals surface area contributed by atoms with Crippen LogP contribution in [0.4, 0.5) is 5.69 Å². The number of piperidine rings is 1. The molecule has 7 nitrogen and oxygen atoms in total. The van der Waals surface area contributed by atoms with Crippen molar-refractivity contribution in [2.75, 3.05) is 25.0 Å². The van der Waals surface area contributed by atoms with Gasteiger partial charge >= 0.3 is 0 Å². The molecular formula is C27H30N4O3. The van der Waals surface area contributed by atoms with Gasteiger partial charge in [-0.15, -0.1) is 0 Å². The van der Waals surface area contributed by atoms with Gasteiger partial charge in [-0.2, -0.15) is 0 Å². The lowest BCUT2D eigenvalue weighted by Gasteiger charge is -2.34. The fraction of sp³-hybridized carbons (Fsp3) is 0.370. The summed E-state index contributed by atoms with van der Waals surface area (Å²) in [5, 5.41) is 3.09. The average molecular weight is 459 g/mol. The second-order valence-electron chi connectivity index (χ2n) is 9.45. The van der Waals surface area contributed by atoms with Crippen LogP contribution in [0.5, 0.6) is 0 Å². The summed E-state index contributed by atoms with van der Waals surface area (Å²) in [4.78, 5) is 41.1. The summed E-state index contributed by atoms with van der Waals surface area (Å²) in [6, 6.07) is 13.1. The van der Waals surface area contributed by atoms with Crippen molar-refractivity contribution < 1.29 is 14.4 Å². The zero-order valence-corrected chi connectivity index (χ0v) is 19.4. The van der Waals surface area contributed by atoms with E-state index in [2.05, 4.69) is 23.5 Å². The van der Waals surface area contributed by atoms with E-state index in [1.54, 1.807) is 24.1 Å². The zero-order valence-electron chi connectivity index (χ0n) is 19.4. The Hall–Kier alpha value is -3.45. The molecule has 0 saturated carbocycles. The molecule has 7 heteroatoms. The molecule has 1 saturated heterocycles. The quantitative estimate of drug-likeness (QED) is 0.719. The Balaban J connectivity index is 1.12. The number of nitrogens with one attached hydrogen (secondary N) is 1. The van der Waals surface area contributed by atoms with Crippen LogP contribution in [0.15, 0.2) is 48.5 Å². The summed E-state index contributed by atoms with van der Waals surface area (Å²) >= 11 is 0. The Morgan fingerprint density at radius 3 is 2.68 bits per heavy atom. The second-order valence-corrected chi connectivity index (χ2v) is 9.45. The van der Waals surface area contributed by atoms with Gasteiger partial charge in [0, 0.05) is 37.4 Å². The Morgan fingerprint density at radius 2 is 1.88 bits per heavy atom. The fourth-order valence-corrected chi connectivity index (χ4v) is 5.23. The van der Waals surface area contributed by atoms with Gasteiger partial charge in [-0.05, 0) is 66.1 Å². The first-order valence-corrected chi connectivity index (χ1v) is 11.9. The maximum atomic E-state index is 13.0. The minimum Gasteiger partial charge on any atom is -0.349 e. The average Bonchev–Trinajstić information content (AvgIpc) is 3.38. The van der Waals surface area contributed by atoms with Crippen molar-refractivity contribution in [2.45, 2.75) is 44.2 Å². The number of nitrogens with zero attached hydrogens (tertiary/aromatic N) is 2. The van der Waals surface area contributed by atoms with Gasteiger partial charge in [-0.1, -0.05) is 30.3 Å². The second kappa shape index (κ2) is 9.06. The van der Waals surface area contributed by atoms with Gasteiger partial charge in [0.05, 0.1) is 12.5 Å². The number of likely N-dealkylation sites (N-methyl/N-ethyl adjacent to an activating group) is 1. The molecule has 3 amide bonds. The molecule has 0 aromatic heterocycles. The largest absolute Gasteiger partial charge is 0.349 e. The van der Waals surface area contributed by atoms with Crippen LogP contribution in [0.3, 0.4) is 0 Å². The number of hydrogen-bond donors (Lipinski definition) is 2. The Bertz CT molecular complexity index is 1180. The van der Waals surface area contributed by atoms with Crippen LogP contribution >= 0.6 is 0 Å². The van der Waals surface area contributed by atoms with E-state index in [-0.39, 0.29) is 23.8 Å².